The Morgan fingerprint density at radius 2 is 1.89 bits per heavy atom. The number of carbonyl (C=O) groups is 1. The van der Waals surface area contributed by atoms with E-state index in [0.717, 1.165) is 10.0 Å². The average molecular weight is 386 g/mol. The number of aromatic carboxylic acids is 1. The number of pyridine rings is 1. The Kier molecular flexibility index (Phi) is 4.55. The van der Waals surface area contributed by atoms with E-state index >= 15 is 0 Å². The Labute approximate surface area is 127 Å². The molecule has 0 saturated heterocycles. The smallest absolute Gasteiger partial charge is 0.339 e. The molecule has 4 nitrogen and oxygen atoms in total. The number of rotatable bonds is 4. The summed E-state index contributed by atoms with van der Waals surface area (Å²) in [4.78, 5) is 15.2. The fourth-order valence-corrected chi connectivity index (χ4v) is 2.13. The Bertz CT molecular complexity index is 600. The van der Waals surface area contributed by atoms with Gasteiger partial charge in [0.15, 0.2) is 0 Å². The number of carboxylic acids is 1. The van der Waals surface area contributed by atoms with Gasteiger partial charge in [-0.05, 0) is 39.7 Å². The fourth-order valence-electron chi connectivity index (χ4n) is 1.53. The van der Waals surface area contributed by atoms with Crippen molar-refractivity contribution >= 4 is 43.6 Å². The van der Waals surface area contributed by atoms with Crippen LogP contribution in [0.1, 0.15) is 15.9 Å². The maximum absolute atomic E-state index is 11.1. The molecular weight excluding hydrogens is 376 g/mol. The highest BCUT2D eigenvalue weighted by atomic mass is 79.9. The number of halogens is 2. The summed E-state index contributed by atoms with van der Waals surface area (Å²) in [6, 6.07) is 9.31. The van der Waals surface area contributed by atoms with Crippen molar-refractivity contribution in [2.45, 2.75) is 6.54 Å². The second kappa shape index (κ2) is 6.16. The molecular formula is C13H10Br2N2O2. The molecule has 1 heterocycles. The zero-order valence-electron chi connectivity index (χ0n) is 9.73. The zero-order chi connectivity index (χ0) is 13.8. The van der Waals surface area contributed by atoms with Crippen molar-refractivity contribution in [3.05, 3.63) is 56.6 Å². The Balaban J connectivity index is 2.15. The Hall–Kier alpha value is -1.40. The van der Waals surface area contributed by atoms with Crippen molar-refractivity contribution in [3.63, 3.8) is 0 Å². The highest BCUT2D eigenvalue weighted by Gasteiger charge is 2.11. The van der Waals surface area contributed by atoms with E-state index in [-0.39, 0.29) is 5.56 Å². The standard InChI is InChI=1S/C13H10Br2N2O2/c14-9-3-1-8(2-4-9)6-16-12-11(13(18)19)5-10(15)7-17-12/h1-5,7H,6H2,(H,16,17)(H,18,19). The number of nitrogens with one attached hydrogen (secondary N) is 1. The average Bonchev–Trinajstić information content (AvgIpc) is 2.39. The summed E-state index contributed by atoms with van der Waals surface area (Å²) in [5.74, 6) is -0.647. The van der Waals surface area contributed by atoms with E-state index in [4.69, 9.17) is 5.11 Å². The Morgan fingerprint density at radius 3 is 2.53 bits per heavy atom. The monoisotopic (exact) mass is 384 g/mol. The minimum absolute atomic E-state index is 0.145. The van der Waals surface area contributed by atoms with Crippen LogP contribution in [-0.4, -0.2) is 16.1 Å². The minimum atomic E-state index is -1.01. The van der Waals surface area contributed by atoms with Crippen molar-refractivity contribution in [2.75, 3.05) is 5.32 Å². The van der Waals surface area contributed by atoms with Crippen molar-refractivity contribution in [2.24, 2.45) is 0 Å². The van der Waals surface area contributed by atoms with Gasteiger partial charge in [-0.15, -0.1) is 0 Å². The van der Waals surface area contributed by atoms with E-state index in [9.17, 15) is 4.79 Å². The lowest BCUT2D eigenvalue weighted by Crippen LogP contribution is -2.08. The number of aromatic nitrogens is 1. The quantitative estimate of drug-likeness (QED) is 0.837. The fraction of sp³-hybridized carbons (Fsp3) is 0.0769. The van der Waals surface area contributed by atoms with Gasteiger partial charge in [-0.2, -0.15) is 0 Å². The number of carboxylic acid groups (broad SMARTS) is 1. The summed E-state index contributed by atoms with van der Waals surface area (Å²) in [5, 5.41) is 12.1. The first-order chi connectivity index (χ1) is 9.06. The van der Waals surface area contributed by atoms with Crippen molar-refractivity contribution in [1.29, 1.82) is 0 Å². The van der Waals surface area contributed by atoms with Crippen LogP contribution in [0.25, 0.3) is 0 Å². The summed E-state index contributed by atoms with van der Waals surface area (Å²) in [7, 11) is 0. The summed E-state index contributed by atoms with van der Waals surface area (Å²) in [6.45, 7) is 0.516. The maximum atomic E-state index is 11.1. The van der Waals surface area contributed by atoms with E-state index in [2.05, 4.69) is 42.2 Å². The van der Waals surface area contributed by atoms with Gasteiger partial charge in [-0.25, -0.2) is 9.78 Å². The van der Waals surface area contributed by atoms with Crippen LogP contribution in [0.4, 0.5) is 5.82 Å². The molecule has 98 valence electrons. The van der Waals surface area contributed by atoms with Gasteiger partial charge in [0.05, 0.1) is 0 Å². The summed E-state index contributed by atoms with van der Waals surface area (Å²) < 4.78 is 1.64. The number of benzene rings is 1. The molecule has 1 aromatic heterocycles. The summed E-state index contributed by atoms with van der Waals surface area (Å²) in [5.41, 5.74) is 1.19. The normalized spacial score (nSPS) is 10.2. The third kappa shape index (κ3) is 3.78. The number of anilines is 1. The van der Waals surface area contributed by atoms with Gasteiger partial charge in [-0.3, -0.25) is 0 Å². The first-order valence-electron chi connectivity index (χ1n) is 5.43. The lowest BCUT2D eigenvalue weighted by Gasteiger charge is -2.09. The first kappa shape index (κ1) is 14.0. The molecule has 0 bridgehead atoms. The molecule has 0 fully saturated rings. The van der Waals surface area contributed by atoms with E-state index in [1.165, 1.54) is 6.07 Å². The molecule has 0 saturated carbocycles. The van der Waals surface area contributed by atoms with E-state index in [0.29, 0.717) is 16.8 Å². The molecule has 0 aliphatic heterocycles. The number of hydrogen-bond acceptors (Lipinski definition) is 3. The van der Waals surface area contributed by atoms with Crippen LogP contribution in [0.15, 0.2) is 45.5 Å². The third-order valence-electron chi connectivity index (χ3n) is 2.46. The van der Waals surface area contributed by atoms with Crippen LogP contribution in [0, 0.1) is 0 Å². The van der Waals surface area contributed by atoms with E-state index in [1.54, 1.807) is 6.20 Å². The predicted molar refractivity (Wildman–Crippen MR) is 80.4 cm³/mol. The molecule has 0 radical (unpaired) electrons. The number of hydrogen-bond donors (Lipinski definition) is 2. The molecule has 0 atom stereocenters. The molecule has 6 heteroatoms. The van der Waals surface area contributed by atoms with Crippen molar-refractivity contribution < 1.29 is 9.90 Å². The minimum Gasteiger partial charge on any atom is -0.478 e. The van der Waals surface area contributed by atoms with Crippen molar-refractivity contribution in [1.82, 2.24) is 4.98 Å². The highest BCUT2D eigenvalue weighted by molar-refractivity contribution is 9.10. The van der Waals surface area contributed by atoms with E-state index < -0.39 is 5.97 Å². The Morgan fingerprint density at radius 1 is 1.21 bits per heavy atom. The zero-order valence-corrected chi connectivity index (χ0v) is 12.9. The van der Waals surface area contributed by atoms with Crippen LogP contribution in [0.3, 0.4) is 0 Å². The van der Waals surface area contributed by atoms with Gasteiger partial charge < -0.3 is 10.4 Å². The molecule has 0 aliphatic rings. The topological polar surface area (TPSA) is 62.2 Å². The van der Waals surface area contributed by atoms with Gasteiger partial charge in [0.2, 0.25) is 0 Å². The molecule has 0 amide bonds. The van der Waals surface area contributed by atoms with Gasteiger partial charge in [0.1, 0.15) is 11.4 Å². The lowest BCUT2D eigenvalue weighted by atomic mass is 10.2. The van der Waals surface area contributed by atoms with E-state index in [1.807, 2.05) is 24.3 Å². The second-order valence-corrected chi connectivity index (χ2v) is 5.67. The van der Waals surface area contributed by atoms with Crippen molar-refractivity contribution in [3.8, 4) is 0 Å². The van der Waals surface area contributed by atoms with Crippen LogP contribution in [-0.2, 0) is 6.54 Å². The molecule has 0 spiro atoms. The van der Waals surface area contributed by atoms with Gasteiger partial charge in [0, 0.05) is 21.7 Å². The lowest BCUT2D eigenvalue weighted by molar-refractivity contribution is 0.0697. The van der Waals surface area contributed by atoms with Crippen LogP contribution < -0.4 is 5.32 Å². The molecule has 2 rings (SSSR count). The van der Waals surface area contributed by atoms with Gasteiger partial charge >= 0.3 is 5.97 Å². The second-order valence-electron chi connectivity index (χ2n) is 3.83. The SMILES string of the molecule is O=C(O)c1cc(Br)cnc1NCc1ccc(Br)cc1. The van der Waals surface area contributed by atoms with Crippen LogP contribution in [0.2, 0.25) is 0 Å². The van der Waals surface area contributed by atoms with Gasteiger partial charge in [0.25, 0.3) is 0 Å². The maximum Gasteiger partial charge on any atom is 0.339 e. The highest BCUT2D eigenvalue weighted by Crippen LogP contribution is 2.19. The molecule has 19 heavy (non-hydrogen) atoms. The summed E-state index contributed by atoms with van der Waals surface area (Å²) in [6.07, 6.45) is 1.57. The largest absolute Gasteiger partial charge is 0.478 e. The first-order valence-corrected chi connectivity index (χ1v) is 7.02. The molecule has 2 aromatic rings. The third-order valence-corrected chi connectivity index (χ3v) is 3.42. The summed E-state index contributed by atoms with van der Waals surface area (Å²) >= 11 is 6.57. The van der Waals surface area contributed by atoms with Crippen LogP contribution >= 0.6 is 31.9 Å². The number of nitrogens with zero attached hydrogens (tertiary/aromatic N) is 1. The van der Waals surface area contributed by atoms with Crippen LogP contribution in [0.5, 0.6) is 0 Å². The molecule has 1 aromatic carbocycles. The van der Waals surface area contributed by atoms with Gasteiger partial charge in [-0.1, -0.05) is 28.1 Å². The molecule has 0 unspecified atom stereocenters. The molecule has 0 aliphatic carbocycles. The molecule has 2 N–H and O–H groups in total. The predicted octanol–water partition coefficient (Wildman–Crippen LogP) is 3.92.